The fourth-order valence-corrected chi connectivity index (χ4v) is 3.73. The minimum Gasteiger partial charge on any atom is -0.393 e. The zero-order chi connectivity index (χ0) is 13.9. The highest BCUT2D eigenvalue weighted by molar-refractivity contribution is 5.01. The molecule has 0 saturated heterocycles. The molecule has 0 aliphatic heterocycles. The van der Waals surface area contributed by atoms with Crippen LogP contribution in [0.2, 0.25) is 0 Å². The zero-order valence-electron chi connectivity index (χ0n) is 12.4. The summed E-state index contributed by atoms with van der Waals surface area (Å²) < 4.78 is 5.50. The first-order valence-corrected chi connectivity index (χ1v) is 8.27. The van der Waals surface area contributed by atoms with E-state index in [1.807, 2.05) is 0 Å². The maximum atomic E-state index is 9.56. The summed E-state index contributed by atoms with van der Waals surface area (Å²) in [6.45, 7) is 2.29. The van der Waals surface area contributed by atoms with Crippen LogP contribution < -0.4 is 0 Å². The summed E-state index contributed by atoms with van der Waals surface area (Å²) in [6.07, 6.45) is 9.89. The average molecular weight is 278 g/mol. The third kappa shape index (κ3) is 3.05. The number of hydrogen-bond donors (Lipinski definition) is 1. The van der Waals surface area contributed by atoms with Crippen molar-refractivity contribution in [2.75, 3.05) is 0 Å². The summed E-state index contributed by atoms with van der Waals surface area (Å²) in [5.74, 6) is 3.51. The molecule has 2 saturated carbocycles. The molecule has 0 radical (unpaired) electrons. The Morgan fingerprint density at radius 3 is 2.30 bits per heavy atom. The van der Waals surface area contributed by atoms with Crippen molar-refractivity contribution in [3.05, 3.63) is 11.7 Å². The predicted octanol–water partition coefficient (Wildman–Crippen LogP) is 3.77. The molecule has 1 aromatic heterocycles. The van der Waals surface area contributed by atoms with Gasteiger partial charge in [0, 0.05) is 11.8 Å². The van der Waals surface area contributed by atoms with Crippen molar-refractivity contribution in [3.8, 4) is 0 Å². The fraction of sp³-hybridized carbons (Fsp3) is 0.875. The van der Waals surface area contributed by atoms with E-state index in [1.54, 1.807) is 0 Å². The number of aromatic nitrogens is 2. The number of aliphatic hydroxyl groups is 1. The van der Waals surface area contributed by atoms with Crippen LogP contribution in [0.5, 0.6) is 0 Å². The van der Waals surface area contributed by atoms with Gasteiger partial charge >= 0.3 is 0 Å². The van der Waals surface area contributed by atoms with Gasteiger partial charge in [-0.3, -0.25) is 0 Å². The molecule has 4 nitrogen and oxygen atoms in total. The van der Waals surface area contributed by atoms with Crippen LogP contribution in [-0.2, 0) is 0 Å². The van der Waals surface area contributed by atoms with Crippen molar-refractivity contribution in [1.82, 2.24) is 10.1 Å². The summed E-state index contributed by atoms with van der Waals surface area (Å²) in [4.78, 5) is 4.67. The normalized spacial score (nSPS) is 35.1. The molecule has 2 aliphatic carbocycles. The van der Waals surface area contributed by atoms with E-state index in [-0.39, 0.29) is 6.10 Å². The lowest BCUT2D eigenvalue weighted by Crippen LogP contribution is -2.17. The lowest BCUT2D eigenvalue weighted by molar-refractivity contribution is 0.116. The molecule has 0 aromatic carbocycles. The standard InChI is InChI=1S/C16H26N2O2/c1-2-11-3-5-12(6-4-11)15-17-16(20-18-15)13-7-9-14(19)10-8-13/h11-14,19H,2-10H2,1H3. The van der Waals surface area contributed by atoms with Gasteiger partial charge in [-0.05, 0) is 57.3 Å². The Morgan fingerprint density at radius 2 is 1.65 bits per heavy atom. The van der Waals surface area contributed by atoms with E-state index in [2.05, 4.69) is 17.1 Å². The maximum absolute atomic E-state index is 9.56. The molecule has 1 heterocycles. The smallest absolute Gasteiger partial charge is 0.229 e. The van der Waals surface area contributed by atoms with Crippen LogP contribution in [0.1, 0.15) is 88.3 Å². The summed E-state index contributed by atoms with van der Waals surface area (Å²) in [7, 11) is 0. The third-order valence-electron chi connectivity index (χ3n) is 5.29. The molecule has 1 N–H and O–H groups in total. The topological polar surface area (TPSA) is 59.2 Å². The molecule has 0 unspecified atom stereocenters. The molecule has 20 heavy (non-hydrogen) atoms. The minimum atomic E-state index is -0.127. The van der Waals surface area contributed by atoms with Crippen molar-refractivity contribution >= 4 is 0 Å². The Morgan fingerprint density at radius 1 is 1.00 bits per heavy atom. The van der Waals surface area contributed by atoms with Gasteiger partial charge in [0.05, 0.1) is 6.10 Å². The quantitative estimate of drug-likeness (QED) is 0.914. The van der Waals surface area contributed by atoms with Crippen LogP contribution in [0, 0.1) is 5.92 Å². The number of nitrogens with zero attached hydrogens (tertiary/aromatic N) is 2. The molecule has 2 aliphatic rings. The second-order valence-corrected chi connectivity index (χ2v) is 6.62. The van der Waals surface area contributed by atoms with E-state index in [0.29, 0.717) is 11.8 Å². The molecular weight excluding hydrogens is 252 g/mol. The summed E-state index contributed by atoms with van der Waals surface area (Å²) >= 11 is 0. The second-order valence-electron chi connectivity index (χ2n) is 6.62. The van der Waals surface area contributed by atoms with Crippen molar-refractivity contribution in [3.63, 3.8) is 0 Å². The van der Waals surface area contributed by atoms with E-state index in [1.165, 1.54) is 32.1 Å². The Hall–Kier alpha value is -0.900. The van der Waals surface area contributed by atoms with Crippen LogP contribution in [0.4, 0.5) is 0 Å². The predicted molar refractivity (Wildman–Crippen MR) is 76.5 cm³/mol. The highest BCUT2D eigenvalue weighted by Crippen LogP contribution is 2.37. The van der Waals surface area contributed by atoms with Gasteiger partial charge in [0.2, 0.25) is 5.89 Å². The lowest BCUT2D eigenvalue weighted by atomic mass is 9.80. The molecule has 3 rings (SSSR count). The SMILES string of the molecule is CCC1CCC(c2noc(C3CCC(O)CC3)n2)CC1. The zero-order valence-corrected chi connectivity index (χ0v) is 12.4. The number of hydrogen-bond acceptors (Lipinski definition) is 4. The van der Waals surface area contributed by atoms with E-state index in [4.69, 9.17) is 4.52 Å². The van der Waals surface area contributed by atoms with Gasteiger partial charge in [0.15, 0.2) is 5.82 Å². The first kappa shape index (κ1) is 14.1. The van der Waals surface area contributed by atoms with Crippen LogP contribution >= 0.6 is 0 Å². The average Bonchev–Trinajstić information content (AvgIpc) is 2.98. The molecule has 0 amide bonds. The Kier molecular flexibility index (Phi) is 4.39. The Balaban J connectivity index is 1.59. The fourth-order valence-electron chi connectivity index (χ4n) is 3.73. The molecule has 0 bridgehead atoms. The summed E-state index contributed by atoms with van der Waals surface area (Å²) in [5.41, 5.74) is 0. The van der Waals surface area contributed by atoms with Crippen LogP contribution in [0.15, 0.2) is 4.52 Å². The molecular formula is C16H26N2O2. The van der Waals surface area contributed by atoms with E-state index >= 15 is 0 Å². The van der Waals surface area contributed by atoms with Crippen LogP contribution in [0.25, 0.3) is 0 Å². The molecule has 1 aromatic rings. The second kappa shape index (κ2) is 6.25. The summed E-state index contributed by atoms with van der Waals surface area (Å²) in [6, 6.07) is 0. The highest BCUT2D eigenvalue weighted by Gasteiger charge is 2.28. The first-order valence-electron chi connectivity index (χ1n) is 8.27. The Bertz CT molecular complexity index is 416. The molecule has 2 fully saturated rings. The third-order valence-corrected chi connectivity index (χ3v) is 5.29. The minimum absolute atomic E-state index is 0.127. The first-order chi connectivity index (χ1) is 9.76. The number of rotatable bonds is 3. The number of aliphatic hydroxyl groups excluding tert-OH is 1. The van der Waals surface area contributed by atoms with Crippen LogP contribution in [0.3, 0.4) is 0 Å². The van der Waals surface area contributed by atoms with E-state index in [9.17, 15) is 5.11 Å². The van der Waals surface area contributed by atoms with Gasteiger partial charge in [-0.25, -0.2) is 0 Å². The Labute approximate surface area is 121 Å². The van der Waals surface area contributed by atoms with Gasteiger partial charge in [-0.15, -0.1) is 0 Å². The largest absolute Gasteiger partial charge is 0.393 e. The van der Waals surface area contributed by atoms with Gasteiger partial charge in [0.25, 0.3) is 0 Å². The summed E-state index contributed by atoms with van der Waals surface area (Å²) in [5, 5.41) is 13.8. The van der Waals surface area contributed by atoms with Gasteiger partial charge < -0.3 is 9.63 Å². The van der Waals surface area contributed by atoms with Gasteiger partial charge in [0.1, 0.15) is 0 Å². The van der Waals surface area contributed by atoms with Gasteiger partial charge in [-0.2, -0.15) is 4.98 Å². The van der Waals surface area contributed by atoms with Crippen LogP contribution in [-0.4, -0.2) is 21.4 Å². The molecule has 112 valence electrons. The highest BCUT2D eigenvalue weighted by atomic mass is 16.5. The van der Waals surface area contributed by atoms with Gasteiger partial charge in [-0.1, -0.05) is 18.5 Å². The molecule has 0 atom stereocenters. The van der Waals surface area contributed by atoms with Crippen molar-refractivity contribution in [2.45, 2.75) is 82.7 Å². The maximum Gasteiger partial charge on any atom is 0.229 e. The van der Waals surface area contributed by atoms with Crippen molar-refractivity contribution < 1.29 is 9.63 Å². The lowest BCUT2D eigenvalue weighted by Gasteiger charge is -2.25. The molecule has 0 spiro atoms. The van der Waals surface area contributed by atoms with E-state index < -0.39 is 0 Å². The monoisotopic (exact) mass is 278 g/mol. The molecule has 4 heteroatoms. The van der Waals surface area contributed by atoms with Crippen molar-refractivity contribution in [1.29, 1.82) is 0 Å². The van der Waals surface area contributed by atoms with Crippen molar-refractivity contribution in [2.24, 2.45) is 5.92 Å². The van der Waals surface area contributed by atoms with E-state index in [0.717, 1.165) is 43.3 Å².